The van der Waals surface area contributed by atoms with E-state index in [4.69, 9.17) is 12.2 Å². The molecule has 2 rings (SSSR count). The quantitative estimate of drug-likeness (QED) is 0.490. The summed E-state index contributed by atoms with van der Waals surface area (Å²) in [5.41, 5.74) is 1.70. The zero-order valence-corrected chi connectivity index (χ0v) is 10.2. The Labute approximate surface area is 104 Å². The number of benzene rings is 1. The van der Waals surface area contributed by atoms with Gasteiger partial charge in [-0.1, -0.05) is 0 Å². The van der Waals surface area contributed by atoms with Gasteiger partial charge in [0.05, 0.1) is 4.92 Å². The fourth-order valence-electron chi connectivity index (χ4n) is 1.47. The molecule has 0 aromatic heterocycles. The monoisotopic (exact) mass is 251 g/mol. The van der Waals surface area contributed by atoms with Crippen molar-refractivity contribution < 1.29 is 4.92 Å². The molecule has 2 N–H and O–H groups in total. The van der Waals surface area contributed by atoms with Gasteiger partial charge in [-0.2, -0.15) is 0 Å². The standard InChI is InChI=1S/C11H13N3O2S/c1-7-6-9(14(15)16)4-5-10(7)13-11(17)12-8-2-3-8/h4-6,8H,2-3H2,1H3,(H2,12,13,17). The van der Waals surface area contributed by atoms with E-state index in [0.717, 1.165) is 24.1 Å². The molecule has 0 radical (unpaired) electrons. The van der Waals surface area contributed by atoms with Crippen LogP contribution in [0.15, 0.2) is 18.2 Å². The van der Waals surface area contributed by atoms with E-state index in [1.807, 2.05) is 6.92 Å². The average molecular weight is 251 g/mol. The van der Waals surface area contributed by atoms with Crippen LogP contribution in [0.5, 0.6) is 0 Å². The van der Waals surface area contributed by atoms with Crippen LogP contribution >= 0.6 is 12.2 Å². The lowest BCUT2D eigenvalue weighted by molar-refractivity contribution is -0.384. The summed E-state index contributed by atoms with van der Waals surface area (Å²) >= 11 is 5.14. The number of thiocarbonyl (C=S) groups is 1. The normalized spacial score (nSPS) is 14.2. The van der Waals surface area contributed by atoms with E-state index in [1.54, 1.807) is 6.07 Å². The molecule has 6 heteroatoms. The van der Waals surface area contributed by atoms with Crippen LogP contribution in [0.2, 0.25) is 0 Å². The molecule has 1 fully saturated rings. The third kappa shape index (κ3) is 3.13. The minimum absolute atomic E-state index is 0.0918. The number of rotatable bonds is 3. The molecular formula is C11H13N3O2S. The first-order chi connectivity index (χ1) is 8.06. The predicted octanol–water partition coefficient (Wildman–Crippen LogP) is 2.35. The van der Waals surface area contributed by atoms with E-state index in [0.29, 0.717) is 11.2 Å². The summed E-state index contributed by atoms with van der Waals surface area (Å²) in [7, 11) is 0. The summed E-state index contributed by atoms with van der Waals surface area (Å²) < 4.78 is 0. The van der Waals surface area contributed by atoms with Crippen molar-refractivity contribution in [1.82, 2.24) is 5.32 Å². The van der Waals surface area contributed by atoms with Crippen LogP contribution in [-0.2, 0) is 0 Å². The smallest absolute Gasteiger partial charge is 0.269 e. The molecule has 0 saturated heterocycles. The molecule has 0 bridgehead atoms. The van der Waals surface area contributed by atoms with E-state index in [2.05, 4.69) is 10.6 Å². The average Bonchev–Trinajstić information content (AvgIpc) is 3.04. The Morgan fingerprint density at radius 2 is 2.24 bits per heavy atom. The van der Waals surface area contributed by atoms with Gasteiger partial charge in [-0.3, -0.25) is 10.1 Å². The highest BCUT2D eigenvalue weighted by Gasteiger charge is 2.21. The second kappa shape index (κ2) is 4.67. The lowest BCUT2D eigenvalue weighted by atomic mass is 10.2. The minimum Gasteiger partial charge on any atom is -0.360 e. The van der Waals surface area contributed by atoms with Crippen molar-refractivity contribution in [1.29, 1.82) is 0 Å². The van der Waals surface area contributed by atoms with Crippen molar-refractivity contribution in [3.8, 4) is 0 Å². The fourth-order valence-corrected chi connectivity index (χ4v) is 1.75. The molecular weight excluding hydrogens is 238 g/mol. The first-order valence-corrected chi connectivity index (χ1v) is 5.79. The van der Waals surface area contributed by atoms with Crippen molar-refractivity contribution in [2.24, 2.45) is 0 Å². The maximum absolute atomic E-state index is 10.6. The second-order valence-electron chi connectivity index (χ2n) is 4.13. The van der Waals surface area contributed by atoms with E-state index in [-0.39, 0.29) is 5.69 Å². The number of hydrogen-bond donors (Lipinski definition) is 2. The number of hydrogen-bond acceptors (Lipinski definition) is 3. The Hall–Kier alpha value is -1.69. The number of nitrogens with one attached hydrogen (secondary N) is 2. The second-order valence-corrected chi connectivity index (χ2v) is 4.54. The number of nitro groups is 1. The van der Waals surface area contributed by atoms with Gasteiger partial charge in [0.15, 0.2) is 5.11 Å². The van der Waals surface area contributed by atoms with Crippen molar-refractivity contribution in [3.63, 3.8) is 0 Å². The molecule has 90 valence electrons. The van der Waals surface area contributed by atoms with E-state index in [9.17, 15) is 10.1 Å². The van der Waals surface area contributed by atoms with Crippen LogP contribution in [0, 0.1) is 17.0 Å². The molecule has 1 aliphatic rings. The van der Waals surface area contributed by atoms with Crippen molar-refractivity contribution in [2.75, 3.05) is 5.32 Å². The molecule has 5 nitrogen and oxygen atoms in total. The van der Waals surface area contributed by atoms with Gasteiger partial charge in [0.25, 0.3) is 5.69 Å². The lowest BCUT2D eigenvalue weighted by Gasteiger charge is -2.11. The van der Waals surface area contributed by atoms with Gasteiger partial charge in [0.1, 0.15) is 0 Å². The highest BCUT2D eigenvalue weighted by Crippen LogP contribution is 2.22. The molecule has 0 amide bonds. The first kappa shape index (κ1) is 11.8. The molecule has 1 saturated carbocycles. The van der Waals surface area contributed by atoms with Crippen molar-refractivity contribution in [2.45, 2.75) is 25.8 Å². The highest BCUT2D eigenvalue weighted by molar-refractivity contribution is 7.80. The van der Waals surface area contributed by atoms with Gasteiger partial charge in [-0.25, -0.2) is 0 Å². The third-order valence-corrected chi connectivity index (χ3v) is 2.80. The highest BCUT2D eigenvalue weighted by atomic mass is 32.1. The topological polar surface area (TPSA) is 67.2 Å². The van der Waals surface area contributed by atoms with Crippen molar-refractivity contribution in [3.05, 3.63) is 33.9 Å². The maximum Gasteiger partial charge on any atom is 0.269 e. The van der Waals surface area contributed by atoms with Crippen LogP contribution < -0.4 is 10.6 Å². The molecule has 1 aliphatic carbocycles. The van der Waals surface area contributed by atoms with Crippen LogP contribution in [0.4, 0.5) is 11.4 Å². The largest absolute Gasteiger partial charge is 0.360 e. The molecule has 0 unspecified atom stereocenters. The van der Waals surface area contributed by atoms with Crippen molar-refractivity contribution >= 4 is 28.7 Å². The van der Waals surface area contributed by atoms with Crippen LogP contribution in [-0.4, -0.2) is 16.1 Å². The Morgan fingerprint density at radius 1 is 1.53 bits per heavy atom. The SMILES string of the molecule is Cc1cc([N+](=O)[O-])ccc1NC(=S)NC1CC1. The molecule has 0 atom stereocenters. The number of aryl methyl sites for hydroxylation is 1. The van der Waals surface area contributed by atoms with Gasteiger partial charge in [0, 0.05) is 23.9 Å². The molecule has 17 heavy (non-hydrogen) atoms. The number of non-ortho nitro benzene ring substituents is 1. The molecule has 0 aliphatic heterocycles. The Balaban J connectivity index is 2.04. The van der Waals surface area contributed by atoms with Crippen LogP contribution in [0.1, 0.15) is 18.4 Å². The Morgan fingerprint density at radius 3 is 2.76 bits per heavy atom. The van der Waals surface area contributed by atoms with Gasteiger partial charge in [-0.15, -0.1) is 0 Å². The predicted molar refractivity (Wildman–Crippen MR) is 70.2 cm³/mol. The van der Waals surface area contributed by atoms with Gasteiger partial charge >= 0.3 is 0 Å². The van der Waals surface area contributed by atoms with E-state index in [1.165, 1.54) is 12.1 Å². The third-order valence-electron chi connectivity index (χ3n) is 2.58. The fraction of sp³-hybridized carbons (Fsp3) is 0.364. The number of nitro benzene ring substituents is 1. The Bertz CT molecular complexity index is 472. The van der Waals surface area contributed by atoms with Gasteiger partial charge < -0.3 is 10.6 Å². The number of anilines is 1. The lowest BCUT2D eigenvalue weighted by Crippen LogP contribution is -2.30. The zero-order valence-electron chi connectivity index (χ0n) is 9.40. The minimum atomic E-state index is -0.405. The van der Waals surface area contributed by atoms with Gasteiger partial charge in [-0.05, 0) is 43.6 Å². The summed E-state index contributed by atoms with van der Waals surface area (Å²) in [5.74, 6) is 0. The van der Waals surface area contributed by atoms with Crippen LogP contribution in [0.25, 0.3) is 0 Å². The summed E-state index contributed by atoms with van der Waals surface area (Å²) in [6.45, 7) is 1.81. The van der Waals surface area contributed by atoms with E-state index >= 15 is 0 Å². The molecule has 1 aromatic carbocycles. The molecule has 1 aromatic rings. The molecule has 0 spiro atoms. The summed E-state index contributed by atoms with van der Waals surface area (Å²) in [6.07, 6.45) is 2.31. The number of nitrogens with zero attached hydrogens (tertiary/aromatic N) is 1. The summed E-state index contributed by atoms with van der Waals surface area (Å²) in [6, 6.07) is 5.17. The summed E-state index contributed by atoms with van der Waals surface area (Å²) in [4.78, 5) is 10.2. The van der Waals surface area contributed by atoms with Crippen LogP contribution in [0.3, 0.4) is 0 Å². The van der Waals surface area contributed by atoms with E-state index < -0.39 is 4.92 Å². The Kier molecular flexibility index (Phi) is 3.23. The zero-order chi connectivity index (χ0) is 12.4. The molecule has 0 heterocycles. The van der Waals surface area contributed by atoms with Gasteiger partial charge in [0.2, 0.25) is 0 Å². The first-order valence-electron chi connectivity index (χ1n) is 5.39. The maximum atomic E-state index is 10.6. The summed E-state index contributed by atoms with van der Waals surface area (Å²) in [5, 5.41) is 17.4.